The van der Waals surface area contributed by atoms with Gasteiger partial charge in [-0.3, -0.25) is 0 Å². The van der Waals surface area contributed by atoms with Gasteiger partial charge in [-0.2, -0.15) is 0 Å². The highest BCUT2D eigenvalue weighted by molar-refractivity contribution is 5.73. The number of hydrogen-bond donors (Lipinski definition) is 0. The Morgan fingerprint density at radius 2 is 1.90 bits per heavy atom. The zero-order chi connectivity index (χ0) is 20.1. The van der Waals surface area contributed by atoms with Gasteiger partial charge >= 0.3 is 0 Å². The van der Waals surface area contributed by atoms with E-state index >= 15 is 0 Å². The van der Waals surface area contributed by atoms with Crippen LogP contribution in [0.2, 0.25) is 0 Å². The third-order valence-electron chi connectivity index (χ3n) is 5.82. The summed E-state index contributed by atoms with van der Waals surface area (Å²) in [5, 5.41) is 7.83. The van der Waals surface area contributed by atoms with Crippen LogP contribution in [-0.4, -0.2) is 60.4 Å². The minimum absolute atomic E-state index is 0.724. The van der Waals surface area contributed by atoms with Crippen molar-refractivity contribution in [1.29, 1.82) is 0 Å². The Morgan fingerprint density at radius 1 is 1.10 bits per heavy atom. The van der Waals surface area contributed by atoms with Gasteiger partial charge in [-0.05, 0) is 84.5 Å². The number of aromatic nitrogens is 2. The molecule has 0 radical (unpaired) electrons. The van der Waals surface area contributed by atoms with Crippen molar-refractivity contribution in [3.8, 4) is 5.75 Å². The topological polar surface area (TPSA) is 54.6 Å². The van der Waals surface area contributed by atoms with E-state index in [1.165, 1.54) is 37.1 Å². The number of fused-ring (bicyclic) bond motifs is 1. The average Bonchev–Trinajstić information content (AvgIpc) is 3.21. The number of hydrogen-bond acceptors (Lipinski definition) is 6. The van der Waals surface area contributed by atoms with E-state index in [9.17, 15) is 0 Å². The van der Waals surface area contributed by atoms with Crippen molar-refractivity contribution < 1.29 is 9.37 Å². The van der Waals surface area contributed by atoms with Crippen molar-refractivity contribution in [2.24, 2.45) is 5.92 Å². The molecule has 154 valence electrons. The lowest BCUT2D eigenvalue weighted by Crippen LogP contribution is -2.40. The van der Waals surface area contributed by atoms with E-state index in [1.54, 1.807) is 7.11 Å². The highest BCUT2D eigenvalue weighted by Gasteiger charge is 2.21. The molecule has 2 aromatic carbocycles. The maximum Gasteiger partial charge on any atom is 0.135 e. The summed E-state index contributed by atoms with van der Waals surface area (Å²) in [6, 6.07) is 14.6. The predicted octanol–water partition coefficient (Wildman–Crippen LogP) is 3.62. The van der Waals surface area contributed by atoms with Crippen LogP contribution >= 0.6 is 0 Å². The van der Waals surface area contributed by atoms with E-state index in [0.717, 1.165) is 48.8 Å². The molecule has 1 fully saturated rings. The van der Waals surface area contributed by atoms with Gasteiger partial charge in [0.1, 0.15) is 16.8 Å². The first kappa shape index (κ1) is 19.9. The molecule has 1 aliphatic rings. The maximum atomic E-state index is 5.25. The fraction of sp³-hybridized carbons (Fsp3) is 0.478. The lowest BCUT2D eigenvalue weighted by atomic mass is 9.97. The lowest BCUT2D eigenvalue weighted by molar-refractivity contribution is 0.142. The van der Waals surface area contributed by atoms with Crippen LogP contribution in [0.15, 0.2) is 47.1 Å². The number of methoxy groups -OCH3 is 1. The standard InChI is InChI=1S/C23H30N4O2/c1-26(15-19-7-10-22-23(14-19)25-29-24-22)16-20-4-3-12-27(17-20)13-11-18-5-8-21(28-2)9-6-18/h5-10,14,20H,3-4,11-13,15-17H2,1-2H3. The minimum atomic E-state index is 0.724. The van der Waals surface area contributed by atoms with E-state index < -0.39 is 0 Å². The van der Waals surface area contributed by atoms with E-state index in [4.69, 9.17) is 9.37 Å². The number of benzene rings is 2. The number of piperidine rings is 1. The summed E-state index contributed by atoms with van der Waals surface area (Å²) >= 11 is 0. The third-order valence-corrected chi connectivity index (χ3v) is 5.82. The molecule has 2 heterocycles. The van der Waals surface area contributed by atoms with E-state index in [0.29, 0.717) is 0 Å². The van der Waals surface area contributed by atoms with Crippen molar-refractivity contribution >= 4 is 11.0 Å². The van der Waals surface area contributed by atoms with Crippen LogP contribution in [-0.2, 0) is 13.0 Å². The van der Waals surface area contributed by atoms with E-state index in [2.05, 4.69) is 63.6 Å². The molecule has 3 aromatic rings. The normalized spacial score (nSPS) is 17.8. The SMILES string of the molecule is COc1ccc(CCN2CCCC(CN(C)Cc3ccc4nonc4c3)C2)cc1. The fourth-order valence-corrected chi connectivity index (χ4v) is 4.33. The first-order chi connectivity index (χ1) is 14.2. The first-order valence-electron chi connectivity index (χ1n) is 10.4. The van der Waals surface area contributed by atoms with Gasteiger partial charge in [0.25, 0.3) is 0 Å². The molecule has 6 heteroatoms. The Hall–Kier alpha value is -2.44. The molecule has 0 spiro atoms. The van der Waals surface area contributed by atoms with Gasteiger partial charge in [0.15, 0.2) is 0 Å². The molecule has 1 unspecified atom stereocenters. The second-order valence-corrected chi connectivity index (χ2v) is 8.19. The van der Waals surface area contributed by atoms with E-state index in [1.807, 2.05) is 6.07 Å². The Morgan fingerprint density at radius 3 is 2.72 bits per heavy atom. The molecule has 0 N–H and O–H groups in total. The highest BCUT2D eigenvalue weighted by Crippen LogP contribution is 2.20. The first-order valence-corrected chi connectivity index (χ1v) is 10.4. The van der Waals surface area contributed by atoms with Gasteiger partial charge in [-0.25, -0.2) is 4.63 Å². The lowest BCUT2D eigenvalue weighted by Gasteiger charge is -2.34. The largest absolute Gasteiger partial charge is 0.497 e. The summed E-state index contributed by atoms with van der Waals surface area (Å²) in [5.74, 6) is 1.65. The molecule has 6 nitrogen and oxygen atoms in total. The predicted molar refractivity (Wildman–Crippen MR) is 114 cm³/mol. The van der Waals surface area contributed by atoms with Crippen LogP contribution < -0.4 is 4.74 Å². The molecule has 0 saturated carbocycles. The maximum absolute atomic E-state index is 5.25. The van der Waals surface area contributed by atoms with Crippen molar-refractivity contribution in [2.45, 2.75) is 25.8 Å². The summed E-state index contributed by atoms with van der Waals surface area (Å²) in [6.07, 6.45) is 3.70. The molecule has 1 atom stereocenters. The van der Waals surface area contributed by atoms with Gasteiger partial charge in [0.05, 0.1) is 7.11 Å². The molecule has 0 amide bonds. The molecule has 29 heavy (non-hydrogen) atoms. The monoisotopic (exact) mass is 394 g/mol. The van der Waals surface area contributed by atoms with Crippen molar-refractivity contribution in [1.82, 2.24) is 20.1 Å². The molecule has 4 rings (SSSR count). The van der Waals surface area contributed by atoms with Crippen LogP contribution in [0.4, 0.5) is 0 Å². The Balaban J connectivity index is 1.25. The quantitative estimate of drug-likeness (QED) is 0.582. The van der Waals surface area contributed by atoms with Crippen molar-refractivity contribution in [2.75, 3.05) is 40.3 Å². The zero-order valence-corrected chi connectivity index (χ0v) is 17.4. The number of ether oxygens (including phenoxy) is 1. The van der Waals surface area contributed by atoms with Gasteiger partial charge in [0.2, 0.25) is 0 Å². The second-order valence-electron chi connectivity index (χ2n) is 8.19. The Labute approximate surface area is 172 Å². The van der Waals surface area contributed by atoms with Crippen LogP contribution in [0.25, 0.3) is 11.0 Å². The van der Waals surface area contributed by atoms with Crippen LogP contribution in [0, 0.1) is 5.92 Å². The van der Waals surface area contributed by atoms with Gasteiger partial charge in [-0.1, -0.05) is 18.2 Å². The molecule has 1 aliphatic heterocycles. The number of nitrogens with zero attached hydrogens (tertiary/aromatic N) is 4. The summed E-state index contributed by atoms with van der Waals surface area (Å²) in [4.78, 5) is 5.05. The minimum Gasteiger partial charge on any atom is -0.497 e. The van der Waals surface area contributed by atoms with Gasteiger partial charge < -0.3 is 14.5 Å². The van der Waals surface area contributed by atoms with Crippen molar-refractivity contribution in [3.05, 3.63) is 53.6 Å². The average molecular weight is 395 g/mol. The zero-order valence-electron chi connectivity index (χ0n) is 17.4. The molecular formula is C23H30N4O2. The summed E-state index contributed by atoms with van der Waals surface area (Å²) < 4.78 is 10.0. The summed E-state index contributed by atoms with van der Waals surface area (Å²) in [6.45, 7) is 5.57. The summed E-state index contributed by atoms with van der Waals surface area (Å²) in [5.41, 5.74) is 4.28. The Bertz CT molecular complexity index is 909. The molecule has 0 aliphatic carbocycles. The van der Waals surface area contributed by atoms with Crippen LogP contribution in [0.1, 0.15) is 24.0 Å². The van der Waals surface area contributed by atoms with E-state index in [-0.39, 0.29) is 0 Å². The van der Waals surface area contributed by atoms with Crippen LogP contribution in [0.5, 0.6) is 5.75 Å². The highest BCUT2D eigenvalue weighted by atomic mass is 16.6. The summed E-state index contributed by atoms with van der Waals surface area (Å²) in [7, 11) is 3.92. The molecule has 1 aromatic heterocycles. The fourth-order valence-electron chi connectivity index (χ4n) is 4.33. The number of likely N-dealkylation sites (tertiary alicyclic amines) is 1. The molecular weight excluding hydrogens is 364 g/mol. The number of rotatable bonds is 8. The van der Waals surface area contributed by atoms with Crippen molar-refractivity contribution in [3.63, 3.8) is 0 Å². The smallest absolute Gasteiger partial charge is 0.135 e. The molecule has 0 bridgehead atoms. The molecule has 1 saturated heterocycles. The third kappa shape index (κ3) is 5.34. The Kier molecular flexibility index (Phi) is 6.42. The van der Waals surface area contributed by atoms with Crippen LogP contribution in [0.3, 0.4) is 0 Å². The van der Waals surface area contributed by atoms with Gasteiger partial charge in [0, 0.05) is 26.2 Å². The second kappa shape index (κ2) is 9.37. The van der Waals surface area contributed by atoms with Gasteiger partial charge in [-0.15, -0.1) is 0 Å².